The van der Waals surface area contributed by atoms with Crippen LogP contribution >= 0.6 is 12.0 Å². The molecule has 2 aromatic carbocycles. The predicted molar refractivity (Wildman–Crippen MR) is 212 cm³/mol. The standard InChI is InChI=1S/C40H53N3O10S2/c1-8-43-32-22-21-29(54-53-52-50-6)27-31(32)40(4,5)36(43)19-12-9-11-18-35(39(2,3)28-16-15-17-30(26-28)55(7,47,48)49)41-25-14-10-13-20-37(46)51-42-38-33(44)23-24-34(38)45/h9,11-12,15-19,21-22,26-27,38,42H,8,10,13-14,20,23-25H2,1-7H3,(H2,47,48,49)/p+1. The second kappa shape index (κ2) is 18.4. The summed E-state index contributed by atoms with van der Waals surface area (Å²) in [6, 6.07) is 11.6. The van der Waals surface area contributed by atoms with Gasteiger partial charge in [0.25, 0.3) is 0 Å². The van der Waals surface area contributed by atoms with Crippen molar-refractivity contribution in [3.05, 3.63) is 89.7 Å². The van der Waals surface area contributed by atoms with E-state index in [0.717, 1.165) is 64.4 Å². The molecule has 4 rings (SSSR count). The van der Waals surface area contributed by atoms with Gasteiger partial charge in [-0.2, -0.15) is 4.58 Å². The van der Waals surface area contributed by atoms with Crippen molar-refractivity contribution in [2.24, 2.45) is 0 Å². The maximum Gasteiger partial charge on any atom is 0.324 e. The normalized spacial score (nSPS) is 17.3. The van der Waals surface area contributed by atoms with Crippen LogP contribution < -0.4 is 10.8 Å². The molecule has 55 heavy (non-hydrogen) atoms. The van der Waals surface area contributed by atoms with Crippen molar-refractivity contribution in [1.29, 1.82) is 0 Å². The van der Waals surface area contributed by atoms with Crippen molar-refractivity contribution in [2.75, 3.05) is 26.5 Å². The van der Waals surface area contributed by atoms with Gasteiger partial charge in [0.15, 0.2) is 23.3 Å². The molecule has 0 amide bonds. The summed E-state index contributed by atoms with van der Waals surface area (Å²) < 4.78 is 40.6. The highest BCUT2D eigenvalue weighted by molar-refractivity contribution is 8.09. The fourth-order valence-corrected chi connectivity index (χ4v) is 7.87. The molecule has 1 fully saturated rings. The van der Waals surface area contributed by atoms with Crippen LogP contribution in [0.25, 0.3) is 0 Å². The maximum atomic E-state index is 12.7. The summed E-state index contributed by atoms with van der Waals surface area (Å²) in [5, 5.41) is 8.09. The lowest BCUT2D eigenvalue weighted by Gasteiger charge is -2.32. The van der Waals surface area contributed by atoms with Crippen LogP contribution in [-0.4, -0.2) is 73.6 Å². The Morgan fingerprint density at radius 2 is 1.78 bits per heavy atom. The number of rotatable bonds is 20. The van der Waals surface area contributed by atoms with Gasteiger partial charge in [0.05, 0.1) is 29.5 Å². The van der Waals surface area contributed by atoms with Gasteiger partial charge >= 0.3 is 5.97 Å². The Bertz CT molecular complexity index is 1920. The highest BCUT2D eigenvalue weighted by atomic mass is 32.3. The fourth-order valence-electron chi connectivity index (χ4n) is 6.63. The van der Waals surface area contributed by atoms with Crippen molar-refractivity contribution in [3.63, 3.8) is 0 Å². The van der Waals surface area contributed by atoms with Crippen LogP contribution in [0.2, 0.25) is 0 Å². The molecule has 1 heterocycles. The Hall–Kier alpha value is -3.80. The van der Waals surface area contributed by atoms with E-state index in [0.29, 0.717) is 19.4 Å². The zero-order valence-electron chi connectivity index (χ0n) is 32.6. The molecule has 0 atom stereocenters. The van der Waals surface area contributed by atoms with Crippen LogP contribution in [0.1, 0.15) is 84.3 Å². The van der Waals surface area contributed by atoms with E-state index in [1.165, 1.54) is 13.2 Å². The van der Waals surface area contributed by atoms with Gasteiger partial charge in [-0.15, -0.1) is 9.81 Å². The van der Waals surface area contributed by atoms with Crippen molar-refractivity contribution < 1.29 is 51.4 Å². The fraction of sp³-hybridized carbons (Fsp3) is 0.450. The molecule has 300 valence electrons. The third kappa shape index (κ3) is 11.4. The summed E-state index contributed by atoms with van der Waals surface area (Å²) in [7, 11) is -3.60. The van der Waals surface area contributed by atoms with Gasteiger partial charge in [0.1, 0.15) is 16.2 Å². The monoisotopic (exact) mass is 800 g/mol. The summed E-state index contributed by atoms with van der Waals surface area (Å²) in [5.41, 5.74) is 6.34. The van der Waals surface area contributed by atoms with E-state index >= 15 is 0 Å². The molecule has 2 aromatic rings. The lowest BCUT2D eigenvalue weighted by atomic mass is 9.81. The van der Waals surface area contributed by atoms with E-state index in [9.17, 15) is 27.7 Å². The average molecular weight is 801 g/mol. The van der Waals surface area contributed by atoms with Gasteiger partial charge in [-0.25, -0.2) is 9.10 Å². The number of ketones is 2. The first-order valence-electron chi connectivity index (χ1n) is 18.2. The van der Waals surface area contributed by atoms with Gasteiger partial charge in [0, 0.05) is 65.8 Å². The molecular weight excluding hydrogens is 747 g/mol. The minimum Gasteiger partial charge on any atom is -0.388 e. The average Bonchev–Trinajstić information content (AvgIpc) is 3.56. The van der Waals surface area contributed by atoms with Gasteiger partial charge < -0.3 is 19.3 Å². The number of hydrogen-bond donors (Lipinski definition) is 4. The summed E-state index contributed by atoms with van der Waals surface area (Å²) in [5.74, 6) is -1.08. The van der Waals surface area contributed by atoms with Crippen LogP contribution in [-0.2, 0) is 53.9 Å². The molecule has 15 heteroatoms. The molecule has 2 aliphatic rings. The minimum absolute atomic E-state index is 0.0670. The Morgan fingerprint density at radius 1 is 1.05 bits per heavy atom. The molecule has 13 nitrogen and oxygen atoms in total. The molecule has 0 saturated heterocycles. The summed E-state index contributed by atoms with van der Waals surface area (Å²) in [4.78, 5) is 46.0. The number of fused-ring (bicyclic) bond motifs is 1. The van der Waals surface area contributed by atoms with E-state index < -0.39 is 27.1 Å². The van der Waals surface area contributed by atoms with E-state index in [2.05, 4.69) is 64.3 Å². The minimum atomic E-state index is -4.97. The Labute approximate surface area is 327 Å². The number of Topliss-reactive ketones (excluding diaryl/α,β-unsaturated/α-hetero) is 2. The quantitative estimate of drug-likeness (QED) is 0.0209. The number of unbranched alkanes of at least 4 members (excludes halogenated alkanes) is 2. The molecule has 0 radical (unpaired) electrons. The predicted octanol–water partition coefficient (Wildman–Crippen LogP) is 6.83. The summed E-state index contributed by atoms with van der Waals surface area (Å²) in [6.07, 6.45) is 13.3. The maximum absolute atomic E-state index is 12.7. The number of hydroxylamine groups is 1. The van der Waals surface area contributed by atoms with Gasteiger partial charge in [0.2, 0.25) is 5.69 Å². The highest BCUT2D eigenvalue weighted by Gasteiger charge is 2.44. The van der Waals surface area contributed by atoms with Crippen molar-refractivity contribution >= 4 is 50.6 Å². The number of hydrogen-bond acceptors (Lipinski definition) is 11. The first-order chi connectivity index (χ1) is 25.9. The molecule has 1 saturated carbocycles. The number of carbonyl (C=O) groups is 3. The zero-order valence-corrected chi connectivity index (χ0v) is 34.2. The molecule has 1 aliphatic carbocycles. The molecule has 0 bridgehead atoms. The largest absolute Gasteiger partial charge is 0.388 e. The Balaban J connectivity index is 1.46. The number of nitrogens with zero attached hydrogens (tertiary/aromatic N) is 1. The van der Waals surface area contributed by atoms with Gasteiger partial charge in [-0.1, -0.05) is 55.7 Å². The van der Waals surface area contributed by atoms with Crippen LogP contribution in [0, 0.1) is 0 Å². The van der Waals surface area contributed by atoms with E-state index in [1.54, 1.807) is 12.1 Å². The van der Waals surface area contributed by atoms with Crippen LogP contribution in [0.3, 0.4) is 0 Å². The van der Waals surface area contributed by atoms with E-state index in [-0.39, 0.29) is 41.1 Å². The zero-order chi connectivity index (χ0) is 40.5. The summed E-state index contributed by atoms with van der Waals surface area (Å²) >= 11 is 1.07. The van der Waals surface area contributed by atoms with Crippen LogP contribution in [0.4, 0.5) is 5.69 Å². The number of nitrogens with one attached hydrogen (secondary N) is 2. The van der Waals surface area contributed by atoms with Gasteiger partial charge in [-0.3, -0.25) is 14.4 Å². The molecular formula is C40H54N3O10S2+. The Morgan fingerprint density at radius 3 is 2.45 bits per heavy atom. The van der Waals surface area contributed by atoms with E-state index in [4.69, 9.17) is 9.17 Å². The Kier molecular flexibility index (Phi) is 14.7. The third-order valence-electron chi connectivity index (χ3n) is 9.84. The molecule has 0 unspecified atom stereocenters. The van der Waals surface area contributed by atoms with Crippen molar-refractivity contribution in [2.45, 2.75) is 99.8 Å². The highest BCUT2D eigenvalue weighted by Crippen LogP contribution is 2.42. The lowest BCUT2D eigenvalue weighted by Crippen LogP contribution is -2.39. The van der Waals surface area contributed by atoms with E-state index in [1.807, 2.05) is 50.3 Å². The third-order valence-corrected chi connectivity index (χ3v) is 11.8. The molecule has 4 N–H and O–H groups in total. The number of allylic oxidation sites excluding steroid dienone is 6. The second-order valence-electron chi connectivity index (χ2n) is 14.7. The summed E-state index contributed by atoms with van der Waals surface area (Å²) in [6.45, 7) is 11.8. The van der Waals surface area contributed by atoms with Crippen molar-refractivity contribution in [1.82, 2.24) is 10.8 Å². The SMILES string of the molecule is CC[N+]1=C(C=CC=CC=C(NCCCCCC(=O)ONC2C(=O)CCC2=O)C(C)(C)c2cccc(S(C)(=O)(O)O)c2)C(C)(C)c2cc(SOOOC)ccc21. The topological polar surface area (TPSA) is 173 Å². The second-order valence-corrected chi connectivity index (χ2v) is 18.4. The van der Waals surface area contributed by atoms with Gasteiger partial charge in [-0.05, 0) is 69.5 Å². The van der Waals surface area contributed by atoms with Crippen LogP contribution in [0.15, 0.2) is 88.3 Å². The number of carbonyl (C=O) groups excluding carboxylic acids is 3. The number of benzene rings is 2. The molecule has 0 aromatic heterocycles. The van der Waals surface area contributed by atoms with Crippen molar-refractivity contribution in [3.8, 4) is 0 Å². The van der Waals surface area contributed by atoms with Crippen LogP contribution in [0.5, 0.6) is 0 Å². The first-order valence-corrected chi connectivity index (χ1v) is 21.3. The first kappa shape index (κ1) is 43.9. The smallest absolute Gasteiger partial charge is 0.324 e. The molecule has 0 spiro atoms. The lowest BCUT2D eigenvalue weighted by molar-refractivity contribution is -0.447. The molecule has 1 aliphatic heterocycles.